The predicted molar refractivity (Wildman–Crippen MR) is 91.4 cm³/mol. The molecule has 1 N–H and O–H groups in total. The van der Waals surface area contributed by atoms with Gasteiger partial charge in [0.25, 0.3) is 0 Å². The number of nitrogens with one attached hydrogen (secondary N) is 1. The van der Waals surface area contributed by atoms with Crippen molar-refractivity contribution >= 4 is 0 Å². The van der Waals surface area contributed by atoms with Gasteiger partial charge in [0.15, 0.2) is 0 Å². The van der Waals surface area contributed by atoms with Gasteiger partial charge in [0.05, 0.1) is 0 Å². The molecule has 1 aromatic rings. The van der Waals surface area contributed by atoms with Crippen LogP contribution in [0.3, 0.4) is 0 Å². The Morgan fingerprint density at radius 3 is 2.24 bits per heavy atom. The van der Waals surface area contributed by atoms with E-state index in [1.807, 2.05) is 0 Å². The van der Waals surface area contributed by atoms with Gasteiger partial charge in [0.1, 0.15) is 0 Å². The molecule has 0 radical (unpaired) electrons. The van der Waals surface area contributed by atoms with Crippen molar-refractivity contribution in [2.24, 2.45) is 0 Å². The molecule has 1 fully saturated rings. The Kier molecular flexibility index (Phi) is 7.25. The Bertz CT molecular complexity index is 377. The van der Waals surface area contributed by atoms with Crippen LogP contribution in [0.15, 0.2) is 24.3 Å². The molecule has 1 aromatic carbocycles. The Labute approximate surface area is 130 Å². The first-order chi connectivity index (χ1) is 10.3. The SMILES string of the molecule is CCCNCc1ccc(CN(C)C2CCCCCC2)cc1. The van der Waals surface area contributed by atoms with Gasteiger partial charge in [-0.25, -0.2) is 0 Å². The monoisotopic (exact) mass is 288 g/mol. The van der Waals surface area contributed by atoms with Gasteiger partial charge in [-0.05, 0) is 44.0 Å². The first kappa shape index (κ1) is 16.5. The van der Waals surface area contributed by atoms with Gasteiger partial charge in [0.2, 0.25) is 0 Å². The minimum absolute atomic E-state index is 0.790. The van der Waals surface area contributed by atoms with Crippen molar-refractivity contribution < 1.29 is 0 Å². The van der Waals surface area contributed by atoms with Gasteiger partial charge in [-0.1, -0.05) is 56.9 Å². The summed E-state index contributed by atoms with van der Waals surface area (Å²) in [7, 11) is 2.30. The lowest BCUT2D eigenvalue weighted by atomic mass is 10.1. The highest BCUT2D eigenvalue weighted by Gasteiger charge is 2.16. The first-order valence-electron chi connectivity index (χ1n) is 8.78. The van der Waals surface area contributed by atoms with Crippen molar-refractivity contribution in [1.29, 1.82) is 0 Å². The highest BCUT2D eigenvalue weighted by molar-refractivity contribution is 5.22. The van der Waals surface area contributed by atoms with Crippen LogP contribution < -0.4 is 5.32 Å². The molecule has 118 valence electrons. The Morgan fingerprint density at radius 2 is 1.62 bits per heavy atom. The van der Waals surface area contributed by atoms with Crippen molar-refractivity contribution in [3.05, 3.63) is 35.4 Å². The molecule has 0 aliphatic heterocycles. The van der Waals surface area contributed by atoms with Crippen LogP contribution in [0.5, 0.6) is 0 Å². The minimum atomic E-state index is 0.790. The molecule has 0 bridgehead atoms. The fraction of sp³-hybridized carbons (Fsp3) is 0.684. The normalized spacial score (nSPS) is 17.1. The maximum absolute atomic E-state index is 3.46. The summed E-state index contributed by atoms with van der Waals surface area (Å²) in [6, 6.07) is 9.95. The molecule has 0 atom stereocenters. The summed E-state index contributed by atoms with van der Waals surface area (Å²) in [5, 5.41) is 3.46. The van der Waals surface area contributed by atoms with Crippen LogP contribution in [0, 0.1) is 0 Å². The molecule has 21 heavy (non-hydrogen) atoms. The summed E-state index contributed by atoms with van der Waals surface area (Å²) in [6.07, 6.45) is 9.66. The summed E-state index contributed by atoms with van der Waals surface area (Å²) in [4.78, 5) is 2.57. The molecule has 0 spiro atoms. The van der Waals surface area contributed by atoms with Crippen molar-refractivity contribution in [1.82, 2.24) is 10.2 Å². The van der Waals surface area contributed by atoms with E-state index in [0.29, 0.717) is 0 Å². The Balaban J connectivity index is 1.81. The van der Waals surface area contributed by atoms with E-state index in [1.165, 1.54) is 56.1 Å². The molecular weight excluding hydrogens is 256 g/mol. The third-order valence-electron chi connectivity index (χ3n) is 4.66. The van der Waals surface area contributed by atoms with Crippen LogP contribution in [0.2, 0.25) is 0 Å². The maximum atomic E-state index is 3.46. The Hall–Kier alpha value is -0.860. The lowest BCUT2D eigenvalue weighted by molar-refractivity contribution is 0.213. The van der Waals surface area contributed by atoms with Crippen molar-refractivity contribution in [2.45, 2.75) is 71.0 Å². The van der Waals surface area contributed by atoms with Crippen molar-refractivity contribution in [2.75, 3.05) is 13.6 Å². The van der Waals surface area contributed by atoms with E-state index in [9.17, 15) is 0 Å². The lowest BCUT2D eigenvalue weighted by Gasteiger charge is -2.27. The molecule has 0 heterocycles. The summed E-state index contributed by atoms with van der Waals surface area (Å²) < 4.78 is 0. The highest BCUT2D eigenvalue weighted by Crippen LogP contribution is 2.22. The summed E-state index contributed by atoms with van der Waals surface area (Å²) in [5.74, 6) is 0. The fourth-order valence-electron chi connectivity index (χ4n) is 3.29. The molecule has 2 nitrogen and oxygen atoms in total. The topological polar surface area (TPSA) is 15.3 Å². The quantitative estimate of drug-likeness (QED) is 0.593. The summed E-state index contributed by atoms with van der Waals surface area (Å²) >= 11 is 0. The molecule has 1 aliphatic carbocycles. The zero-order valence-electron chi connectivity index (χ0n) is 13.9. The second kappa shape index (κ2) is 9.22. The van der Waals surface area contributed by atoms with E-state index in [2.05, 4.69) is 48.5 Å². The molecule has 1 saturated carbocycles. The van der Waals surface area contributed by atoms with E-state index >= 15 is 0 Å². The molecule has 0 unspecified atom stereocenters. The number of hydrogen-bond donors (Lipinski definition) is 1. The van der Waals surface area contributed by atoms with E-state index in [4.69, 9.17) is 0 Å². The standard InChI is InChI=1S/C19H32N2/c1-3-14-20-15-17-10-12-18(13-11-17)16-21(2)19-8-6-4-5-7-9-19/h10-13,19-20H,3-9,14-16H2,1-2H3. The van der Waals surface area contributed by atoms with Crippen LogP contribution in [-0.2, 0) is 13.1 Å². The third kappa shape index (κ3) is 5.80. The van der Waals surface area contributed by atoms with Gasteiger partial charge in [0, 0.05) is 19.1 Å². The number of hydrogen-bond acceptors (Lipinski definition) is 2. The van der Waals surface area contributed by atoms with Crippen molar-refractivity contribution in [3.8, 4) is 0 Å². The summed E-state index contributed by atoms with van der Waals surface area (Å²) in [5.41, 5.74) is 2.84. The van der Waals surface area contributed by atoms with Crippen LogP contribution in [0.1, 0.15) is 63.0 Å². The van der Waals surface area contributed by atoms with E-state index in [-0.39, 0.29) is 0 Å². The van der Waals surface area contributed by atoms with Gasteiger partial charge in [-0.2, -0.15) is 0 Å². The van der Waals surface area contributed by atoms with Crippen LogP contribution in [0.4, 0.5) is 0 Å². The molecular formula is C19H32N2. The molecule has 2 rings (SSSR count). The average molecular weight is 288 g/mol. The van der Waals surface area contributed by atoms with Crippen molar-refractivity contribution in [3.63, 3.8) is 0 Å². The number of nitrogens with zero attached hydrogens (tertiary/aromatic N) is 1. The lowest BCUT2D eigenvalue weighted by Crippen LogP contribution is -2.30. The fourth-order valence-corrected chi connectivity index (χ4v) is 3.29. The van der Waals surface area contributed by atoms with E-state index in [1.54, 1.807) is 0 Å². The summed E-state index contributed by atoms with van der Waals surface area (Å²) in [6.45, 7) is 5.39. The highest BCUT2D eigenvalue weighted by atomic mass is 15.1. The van der Waals surface area contributed by atoms with Crippen LogP contribution >= 0.6 is 0 Å². The average Bonchev–Trinajstić information content (AvgIpc) is 2.78. The first-order valence-corrected chi connectivity index (χ1v) is 8.78. The zero-order chi connectivity index (χ0) is 14.9. The maximum Gasteiger partial charge on any atom is 0.0233 e. The van der Waals surface area contributed by atoms with Gasteiger partial charge in [-0.15, -0.1) is 0 Å². The molecule has 0 saturated heterocycles. The second-order valence-corrected chi connectivity index (χ2v) is 6.55. The largest absolute Gasteiger partial charge is 0.313 e. The zero-order valence-corrected chi connectivity index (χ0v) is 13.9. The van der Waals surface area contributed by atoms with Crippen LogP contribution in [0.25, 0.3) is 0 Å². The smallest absolute Gasteiger partial charge is 0.0233 e. The molecule has 2 heteroatoms. The number of rotatable bonds is 7. The second-order valence-electron chi connectivity index (χ2n) is 6.55. The van der Waals surface area contributed by atoms with Gasteiger partial charge >= 0.3 is 0 Å². The number of benzene rings is 1. The molecule has 1 aliphatic rings. The minimum Gasteiger partial charge on any atom is -0.313 e. The third-order valence-corrected chi connectivity index (χ3v) is 4.66. The van der Waals surface area contributed by atoms with E-state index in [0.717, 1.165) is 25.7 Å². The van der Waals surface area contributed by atoms with Crippen LogP contribution in [-0.4, -0.2) is 24.5 Å². The molecule has 0 aromatic heterocycles. The predicted octanol–water partition coefficient (Wildman–Crippen LogP) is 4.34. The van der Waals surface area contributed by atoms with Gasteiger partial charge in [-0.3, -0.25) is 4.90 Å². The van der Waals surface area contributed by atoms with Gasteiger partial charge < -0.3 is 5.32 Å². The van der Waals surface area contributed by atoms with E-state index < -0.39 is 0 Å². The Morgan fingerprint density at radius 1 is 1.00 bits per heavy atom. The molecule has 0 amide bonds.